The van der Waals surface area contributed by atoms with Crippen LogP contribution in [-0.4, -0.2) is 40.0 Å². The van der Waals surface area contributed by atoms with Crippen LogP contribution in [0.3, 0.4) is 0 Å². The number of anilines is 1. The molecule has 154 valence electrons. The number of amides is 2. The standard InChI is InChI=1S/C23H23FN4O2/c24-19-8-6-16(7-9-19)13-22(29)28-12-2-4-18(15-28)23(30)26-20-5-1-3-17(14-20)21-10-11-25-27-21/h1,3,5-11,14,18H,2,4,12-13,15H2,(H,25,27)(H,26,30)/t18-/m0/s1. The zero-order valence-electron chi connectivity index (χ0n) is 16.5. The lowest BCUT2D eigenvalue weighted by atomic mass is 9.96. The lowest BCUT2D eigenvalue weighted by Crippen LogP contribution is -2.44. The molecule has 0 radical (unpaired) electrons. The molecule has 1 aliphatic heterocycles. The van der Waals surface area contributed by atoms with E-state index in [1.807, 2.05) is 30.3 Å². The number of aromatic nitrogens is 2. The molecule has 6 nitrogen and oxygen atoms in total. The smallest absolute Gasteiger partial charge is 0.229 e. The molecule has 1 saturated heterocycles. The molecule has 2 N–H and O–H groups in total. The van der Waals surface area contributed by atoms with Crippen LogP contribution in [0, 0.1) is 11.7 Å². The monoisotopic (exact) mass is 406 g/mol. The van der Waals surface area contributed by atoms with Gasteiger partial charge in [-0.05, 0) is 48.7 Å². The largest absolute Gasteiger partial charge is 0.342 e. The third-order valence-electron chi connectivity index (χ3n) is 5.36. The van der Waals surface area contributed by atoms with Crippen LogP contribution in [0.1, 0.15) is 18.4 Å². The number of rotatable bonds is 5. The maximum Gasteiger partial charge on any atom is 0.229 e. The van der Waals surface area contributed by atoms with Gasteiger partial charge in [0.2, 0.25) is 11.8 Å². The van der Waals surface area contributed by atoms with Crippen molar-refractivity contribution in [1.82, 2.24) is 15.1 Å². The van der Waals surface area contributed by atoms with Crippen LogP contribution >= 0.6 is 0 Å². The minimum atomic E-state index is -0.322. The number of likely N-dealkylation sites (tertiary alicyclic amines) is 1. The van der Waals surface area contributed by atoms with Gasteiger partial charge in [-0.3, -0.25) is 14.7 Å². The van der Waals surface area contributed by atoms with Crippen molar-refractivity contribution < 1.29 is 14.0 Å². The van der Waals surface area contributed by atoms with Crippen molar-refractivity contribution in [2.45, 2.75) is 19.3 Å². The van der Waals surface area contributed by atoms with Crippen molar-refractivity contribution in [1.29, 1.82) is 0 Å². The van der Waals surface area contributed by atoms with Crippen LogP contribution in [0.2, 0.25) is 0 Å². The molecule has 7 heteroatoms. The summed E-state index contributed by atoms with van der Waals surface area (Å²) in [5.41, 5.74) is 3.29. The van der Waals surface area contributed by atoms with Gasteiger partial charge in [0, 0.05) is 30.5 Å². The number of aromatic amines is 1. The van der Waals surface area contributed by atoms with Gasteiger partial charge in [0.05, 0.1) is 18.0 Å². The maximum absolute atomic E-state index is 13.1. The van der Waals surface area contributed by atoms with Gasteiger partial charge in [0.25, 0.3) is 0 Å². The quantitative estimate of drug-likeness (QED) is 0.679. The number of halogens is 1. The Morgan fingerprint density at radius 3 is 2.77 bits per heavy atom. The van der Waals surface area contributed by atoms with Gasteiger partial charge in [-0.15, -0.1) is 0 Å². The fourth-order valence-corrected chi connectivity index (χ4v) is 3.73. The highest BCUT2D eigenvalue weighted by molar-refractivity contribution is 5.93. The number of carbonyl (C=O) groups is 2. The number of carbonyl (C=O) groups excluding carboxylic acids is 2. The van der Waals surface area contributed by atoms with Gasteiger partial charge < -0.3 is 10.2 Å². The van der Waals surface area contributed by atoms with Gasteiger partial charge in [-0.1, -0.05) is 24.3 Å². The first-order valence-corrected chi connectivity index (χ1v) is 10.0. The molecule has 30 heavy (non-hydrogen) atoms. The Balaban J connectivity index is 1.37. The molecule has 0 spiro atoms. The van der Waals surface area contributed by atoms with Crippen molar-refractivity contribution >= 4 is 17.5 Å². The molecule has 0 aliphatic carbocycles. The van der Waals surface area contributed by atoms with Crippen molar-refractivity contribution in [3.05, 3.63) is 72.2 Å². The number of piperidine rings is 1. The topological polar surface area (TPSA) is 78.1 Å². The first kappa shape index (κ1) is 19.8. The van der Waals surface area contributed by atoms with Gasteiger partial charge in [-0.25, -0.2) is 4.39 Å². The summed E-state index contributed by atoms with van der Waals surface area (Å²) in [5, 5.41) is 9.84. The van der Waals surface area contributed by atoms with E-state index in [9.17, 15) is 14.0 Å². The first-order valence-electron chi connectivity index (χ1n) is 10.0. The normalized spacial score (nSPS) is 16.3. The Kier molecular flexibility index (Phi) is 5.88. The lowest BCUT2D eigenvalue weighted by molar-refractivity contribution is -0.133. The van der Waals surface area contributed by atoms with Crippen molar-refractivity contribution in [3.63, 3.8) is 0 Å². The third-order valence-corrected chi connectivity index (χ3v) is 5.36. The third kappa shape index (κ3) is 4.74. The van der Waals surface area contributed by atoms with Crippen molar-refractivity contribution in [2.24, 2.45) is 5.92 Å². The van der Waals surface area contributed by atoms with Gasteiger partial charge in [0.1, 0.15) is 5.82 Å². The molecular weight excluding hydrogens is 383 g/mol. The number of H-pyrrole nitrogens is 1. The molecule has 1 atom stereocenters. The number of hydrogen-bond acceptors (Lipinski definition) is 3. The van der Waals surface area contributed by atoms with E-state index in [1.54, 1.807) is 23.2 Å². The zero-order chi connectivity index (χ0) is 20.9. The van der Waals surface area contributed by atoms with E-state index in [0.717, 1.165) is 29.7 Å². The first-order chi connectivity index (χ1) is 14.6. The number of benzene rings is 2. The minimum Gasteiger partial charge on any atom is -0.342 e. The SMILES string of the molecule is O=C(Nc1cccc(-c2ccn[nH]2)c1)[C@H]1CCCN(C(=O)Cc2ccc(F)cc2)C1. The summed E-state index contributed by atoms with van der Waals surface area (Å²) in [6.45, 7) is 1.03. The van der Waals surface area contributed by atoms with Crippen LogP contribution in [0.25, 0.3) is 11.3 Å². The summed E-state index contributed by atoms with van der Waals surface area (Å²) in [7, 11) is 0. The molecule has 1 aliphatic rings. The van der Waals surface area contributed by atoms with Crippen molar-refractivity contribution in [3.8, 4) is 11.3 Å². The molecule has 0 saturated carbocycles. The number of hydrogen-bond donors (Lipinski definition) is 2. The average Bonchev–Trinajstić information content (AvgIpc) is 3.31. The Morgan fingerprint density at radius 1 is 1.17 bits per heavy atom. The maximum atomic E-state index is 13.1. The molecule has 2 amide bonds. The van der Waals surface area contributed by atoms with E-state index < -0.39 is 0 Å². The predicted molar refractivity (Wildman–Crippen MR) is 112 cm³/mol. The fraction of sp³-hybridized carbons (Fsp3) is 0.261. The number of nitrogens with one attached hydrogen (secondary N) is 2. The van der Waals surface area contributed by atoms with E-state index >= 15 is 0 Å². The Hall–Kier alpha value is -3.48. The second kappa shape index (κ2) is 8.90. The molecule has 2 heterocycles. The fourth-order valence-electron chi connectivity index (χ4n) is 3.73. The highest BCUT2D eigenvalue weighted by Gasteiger charge is 2.28. The highest BCUT2D eigenvalue weighted by Crippen LogP contribution is 2.23. The summed E-state index contributed by atoms with van der Waals surface area (Å²) in [6, 6.07) is 15.4. The lowest BCUT2D eigenvalue weighted by Gasteiger charge is -2.32. The van der Waals surface area contributed by atoms with E-state index in [1.165, 1.54) is 12.1 Å². The molecule has 2 aromatic carbocycles. The summed E-state index contributed by atoms with van der Waals surface area (Å²) >= 11 is 0. The summed E-state index contributed by atoms with van der Waals surface area (Å²) < 4.78 is 13.1. The van der Waals surface area contributed by atoms with Crippen LogP contribution in [-0.2, 0) is 16.0 Å². The second-order valence-corrected chi connectivity index (χ2v) is 7.52. The predicted octanol–water partition coefficient (Wildman–Crippen LogP) is 3.64. The molecule has 4 rings (SSSR count). The Bertz CT molecular complexity index is 1020. The number of nitrogens with zero attached hydrogens (tertiary/aromatic N) is 2. The molecular formula is C23H23FN4O2. The van der Waals surface area contributed by atoms with Crippen LogP contribution < -0.4 is 5.32 Å². The molecule has 1 aromatic heterocycles. The van der Waals surface area contributed by atoms with Gasteiger partial charge in [-0.2, -0.15) is 5.10 Å². The molecule has 1 fully saturated rings. The molecule has 0 unspecified atom stereocenters. The highest BCUT2D eigenvalue weighted by atomic mass is 19.1. The van der Waals surface area contributed by atoms with Gasteiger partial charge in [0.15, 0.2) is 0 Å². The summed E-state index contributed by atoms with van der Waals surface area (Å²) in [6.07, 6.45) is 3.41. The van der Waals surface area contributed by atoms with E-state index in [4.69, 9.17) is 0 Å². The summed E-state index contributed by atoms with van der Waals surface area (Å²) in [4.78, 5) is 27.2. The van der Waals surface area contributed by atoms with Gasteiger partial charge >= 0.3 is 0 Å². The molecule has 3 aromatic rings. The molecule has 0 bridgehead atoms. The minimum absolute atomic E-state index is 0.0413. The summed E-state index contributed by atoms with van der Waals surface area (Å²) in [5.74, 6) is -0.708. The van der Waals surface area contributed by atoms with Crippen LogP contribution in [0.5, 0.6) is 0 Å². The van der Waals surface area contributed by atoms with Crippen LogP contribution in [0.15, 0.2) is 60.8 Å². The van der Waals surface area contributed by atoms with Crippen molar-refractivity contribution in [2.75, 3.05) is 18.4 Å². The van der Waals surface area contributed by atoms with E-state index in [2.05, 4.69) is 15.5 Å². The second-order valence-electron chi connectivity index (χ2n) is 7.52. The van der Waals surface area contributed by atoms with E-state index in [0.29, 0.717) is 18.8 Å². The Labute approximate surface area is 174 Å². The van der Waals surface area contributed by atoms with Crippen LogP contribution in [0.4, 0.5) is 10.1 Å². The Morgan fingerprint density at radius 2 is 2.00 bits per heavy atom. The zero-order valence-corrected chi connectivity index (χ0v) is 16.5. The van der Waals surface area contributed by atoms with E-state index in [-0.39, 0.29) is 30.0 Å². The average molecular weight is 406 g/mol.